The average molecular weight is 283 g/mol. The van der Waals surface area contributed by atoms with Crippen molar-refractivity contribution in [3.8, 4) is 0 Å². The minimum Gasteiger partial charge on any atom is -0.378 e. The first-order valence-electron chi connectivity index (χ1n) is 6.95. The van der Waals surface area contributed by atoms with Crippen LogP contribution in [-0.2, 0) is 4.74 Å². The van der Waals surface area contributed by atoms with Crippen LogP contribution in [0.5, 0.6) is 0 Å². The van der Waals surface area contributed by atoms with Crippen molar-refractivity contribution < 1.29 is 9.13 Å². The topological polar surface area (TPSA) is 21.3 Å². The maximum Gasteiger partial charge on any atom is 0.124 e. The summed E-state index contributed by atoms with van der Waals surface area (Å²) in [6.07, 6.45) is 5.09. The van der Waals surface area contributed by atoms with Crippen molar-refractivity contribution in [3.63, 3.8) is 0 Å². The molecule has 1 fully saturated rings. The molecular weight excluding hydrogens is 261 g/mol. The van der Waals surface area contributed by atoms with Crippen molar-refractivity contribution in [3.05, 3.63) is 30.1 Å². The summed E-state index contributed by atoms with van der Waals surface area (Å²) >= 11 is 1.71. The summed E-state index contributed by atoms with van der Waals surface area (Å²) in [6.45, 7) is 0.924. The zero-order chi connectivity index (χ0) is 13.5. The molecule has 2 atom stereocenters. The molecule has 0 spiro atoms. The van der Waals surface area contributed by atoms with Crippen LogP contribution in [0.15, 0.2) is 29.2 Å². The second kappa shape index (κ2) is 7.88. The fourth-order valence-electron chi connectivity index (χ4n) is 2.32. The van der Waals surface area contributed by atoms with Crippen LogP contribution in [0, 0.1) is 5.82 Å². The molecular formula is C15H22FNOS. The third-order valence-electron chi connectivity index (χ3n) is 3.52. The van der Waals surface area contributed by atoms with Gasteiger partial charge in [-0.1, -0.05) is 6.07 Å². The van der Waals surface area contributed by atoms with Crippen LogP contribution < -0.4 is 5.32 Å². The second-order valence-corrected chi connectivity index (χ2v) is 6.06. The van der Waals surface area contributed by atoms with E-state index in [1.54, 1.807) is 23.9 Å². The molecule has 1 saturated heterocycles. The van der Waals surface area contributed by atoms with Gasteiger partial charge < -0.3 is 10.1 Å². The summed E-state index contributed by atoms with van der Waals surface area (Å²) in [5, 5.41) is 3.34. The van der Waals surface area contributed by atoms with E-state index >= 15 is 0 Å². The molecule has 1 aromatic rings. The van der Waals surface area contributed by atoms with Gasteiger partial charge in [-0.2, -0.15) is 0 Å². The molecule has 0 aliphatic carbocycles. The largest absolute Gasteiger partial charge is 0.378 e. The van der Waals surface area contributed by atoms with Crippen LogP contribution in [0.4, 0.5) is 4.39 Å². The molecule has 106 valence electrons. The smallest absolute Gasteiger partial charge is 0.124 e. The maximum absolute atomic E-state index is 13.1. The lowest BCUT2D eigenvalue weighted by Gasteiger charge is -2.18. The quantitative estimate of drug-likeness (QED) is 0.774. The normalized spacial score (nSPS) is 20.6. The first-order chi connectivity index (χ1) is 9.28. The molecule has 0 amide bonds. The second-order valence-electron chi connectivity index (χ2n) is 4.97. The van der Waals surface area contributed by atoms with E-state index in [1.165, 1.54) is 18.9 Å². The van der Waals surface area contributed by atoms with Gasteiger partial charge in [-0.25, -0.2) is 4.39 Å². The van der Waals surface area contributed by atoms with Gasteiger partial charge in [0, 0.05) is 23.3 Å². The van der Waals surface area contributed by atoms with Gasteiger partial charge in [0.1, 0.15) is 5.82 Å². The van der Waals surface area contributed by atoms with Crippen molar-refractivity contribution in [2.24, 2.45) is 0 Å². The molecule has 1 aliphatic heterocycles. The van der Waals surface area contributed by atoms with E-state index in [0.717, 1.165) is 30.1 Å². The number of rotatable bonds is 7. The van der Waals surface area contributed by atoms with E-state index in [1.807, 2.05) is 13.1 Å². The van der Waals surface area contributed by atoms with Crippen molar-refractivity contribution >= 4 is 11.8 Å². The molecule has 0 bridgehead atoms. The summed E-state index contributed by atoms with van der Waals surface area (Å²) < 4.78 is 18.7. The minimum atomic E-state index is -0.162. The molecule has 1 N–H and O–H groups in total. The Labute approximate surface area is 119 Å². The van der Waals surface area contributed by atoms with Crippen LogP contribution in [0.3, 0.4) is 0 Å². The summed E-state index contributed by atoms with van der Waals surface area (Å²) in [6, 6.07) is 7.26. The number of halogens is 1. The zero-order valence-corrected chi connectivity index (χ0v) is 12.2. The molecule has 2 unspecified atom stereocenters. The molecule has 2 rings (SSSR count). The van der Waals surface area contributed by atoms with E-state index in [-0.39, 0.29) is 5.82 Å². The van der Waals surface area contributed by atoms with Gasteiger partial charge in [-0.15, -0.1) is 11.8 Å². The van der Waals surface area contributed by atoms with E-state index in [9.17, 15) is 4.39 Å². The number of ether oxygens (including phenoxy) is 1. The lowest BCUT2D eigenvalue weighted by atomic mass is 10.1. The number of benzene rings is 1. The monoisotopic (exact) mass is 283 g/mol. The lowest BCUT2D eigenvalue weighted by molar-refractivity contribution is 0.100. The Bertz CT molecular complexity index is 382. The molecule has 1 aromatic carbocycles. The van der Waals surface area contributed by atoms with Crippen LogP contribution in [0.2, 0.25) is 0 Å². The third kappa shape index (κ3) is 5.13. The predicted octanol–water partition coefficient (Wildman–Crippen LogP) is 3.47. The van der Waals surface area contributed by atoms with Crippen molar-refractivity contribution in [2.75, 3.05) is 19.4 Å². The molecule has 1 heterocycles. The van der Waals surface area contributed by atoms with Crippen molar-refractivity contribution in [1.82, 2.24) is 5.32 Å². The van der Waals surface area contributed by atoms with Gasteiger partial charge in [0.15, 0.2) is 0 Å². The molecule has 0 radical (unpaired) electrons. The van der Waals surface area contributed by atoms with Gasteiger partial charge in [0.05, 0.1) is 6.10 Å². The summed E-state index contributed by atoms with van der Waals surface area (Å²) in [5.41, 5.74) is 0. The van der Waals surface area contributed by atoms with Crippen molar-refractivity contribution in [2.45, 2.75) is 42.7 Å². The fraction of sp³-hybridized carbons (Fsp3) is 0.600. The van der Waals surface area contributed by atoms with Gasteiger partial charge in [0.2, 0.25) is 0 Å². The highest BCUT2D eigenvalue weighted by atomic mass is 32.2. The molecule has 19 heavy (non-hydrogen) atoms. The Hall–Kier alpha value is -0.580. The van der Waals surface area contributed by atoms with E-state index in [2.05, 4.69) is 5.32 Å². The zero-order valence-electron chi connectivity index (χ0n) is 11.4. The van der Waals surface area contributed by atoms with Crippen molar-refractivity contribution in [1.29, 1.82) is 0 Å². The van der Waals surface area contributed by atoms with Crippen LogP contribution >= 0.6 is 11.8 Å². The lowest BCUT2D eigenvalue weighted by Crippen LogP contribution is -2.28. The third-order valence-corrected chi connectivity index (χ3v) is 4.67. The van der Waals surface area contributed by atoms with E-state index in [4.69, 9.17) is 4.74 Å². The molecule has 0 aromatic heterocycles. The molecule has 2 nitrogen and oxygen atoms in total. The molecule has 1 aliphatic rings. The molecule has 0 saturated carbocycles. The molecule has 4 heteroatoms. The van der Waals surface area contributed by atoms with E-state index < -0.39 is 0 Å². The Morgan fingerprint density at radius 2 is 2.42 bits per heavy atom. The average Bonchev–Trinajstić information content (AvgIpc) is 2.92. The van der Waals surface area contributed by atoms with Gasteiger partial charge in [-0.05, 0) is 50.9 Å². The summed E-state index contributed by atoms with van der Waals surface area (Å²) in [5.74, 6) is 0.803. The number of hydrogen-bond donors (Lipinski definition) is 1. The standard InChI is InChI=1S/C15H22FNOS/c1-17-13(7-8-14-5-3-9-18-14)11-19-15-6-2-4-12(16)10-15/h2,4,6,10,13-14,17H,3,5,7-9,11H2,1H3. The van der Waals surface area contributed by atoms with Crippen LogP contribution in [0.25, 0.3) is 0 Å². The highest BCUT2D eigenvalue weighted by Crippen LogP contribution is 2.22. The maximum atomic E-state index is 13.1. The first-order valence-corrected chi connectivity index (χ1v) is 7.93. The number of thioether (sulfide) groups is 1. The number of nitrogens with one attached hydrogen (secondary N) is 1. The Morgan fingerprint density at radius 1 is 1.53 bits per heavy atom. The highest BCUT2D eigenvalue weighted by molar-refractivity contribution is 7.99. The highest BCUT2D eigenvalue weighted by Gasteiger charge is 2.17. The van der Waals surface area contributed by atoms with Crippen LogP contribution in [-0.4, -0.2) is 31.6 Å². The Kier molecular flexibility index (Phi) is 6.14. The fourth-order valence-corrected chi connectivity index (χ4v) is 3.42. The first kappa shape index (κ1) is 14.8. The summed E-state index contributed by atoms with van der Waals surface area (Å²) in [7, 11) is 1.99. The number of hydrogen-bond acceptors (Lipinski definition) is 3. The van der Waals surface area contributed by atoms with Gasteiger partial charge in [0.25, 0.3) is 0 Å². The van der Waals surface area contributed by atoms with Crippen LogP contribution in [0.1, 0.15) is 25.7 Å². The summed E-state index contributed by atoms with van der Waals surface area (Å²) in [4.78, 5) is 0.998. The predicted molar refractivity (Wildman–Crippen MR) is 78.2 cm³/mol. The Balaban J connectivity index is 1.72. The minimum absolute atomic E-state index is 0.162. The van der Waals surface area contributed by atoms with Gasteiger partial charge in [-0.3, -0.25) is 0 Å². The Morgan fingerprint density at radius 3 is 3.11 bits per heavy atom. The van der Waals surface area contributed by atoms with E-state index in [0.29, 0.717) is 12.1 Å². The van der Waals surface area contributed by atoms with Gasteiger partial charge >= 0.3 is 0 Å². The SMILES string of the molecule is CNC(CCC1CCCO1)CSc1cccc(F)c1.